The van der Waals surface area contributed by atoms with Gasteiger partial charge in [0.25, 0.3) is 0 Å². The van der Waals surface area contributed by atoms with Crippen LogP contribution in [0.1, 0.15) is 22.4 Å². The average Bonchev–Trinajstić information content (AvgIpc) is 2.77. The van der Waals surface area contributed by atoms with E-state index < -0.39 is 4.92 Å². The maximum absolute atomic E-state index is 11.9. The fourth-order valence-corrected chi connectivity index (χ4v) is 3.30. The van der Waals surface area contributed by atoms with Crippen LogP contribution in [0.3, 0.4) is 0 Å². The minimum Gasteiger partial charge on any atom is -0.497 e. The van der Waals surface area contributed by atoms with Crippen LogP contribution in [0.2, 0.25) is 0 Å². The second-order valence-electron chi connectivity index (χ2n) is 7.22. The van der Waals surface area contributed by atoms with Crippen molar-refractivity contribution in [3.63, 3.8) is 0 Å². The first kappa shape index (κ1) is 21.9. The van der Waals surface area contributed by atoms with Gasteiger partial charge in [0, 0.05) is 24.3 Å². The van der Waals surface area contributed by atoms with Crippen LogP contribution in [0.15, 0.2) is 48.5 Å². The summed E-state index contributed by atoms with van der Waals surface area (Å²) in [6, 6.07) is 15.1. The molecular formula is C23H26N4O4. The van der Waals surface area contributed by atoms with Crippen LogP contribution in [-0.4, -0.2) is 24.1 Å². The Hall–Kier alpha value is -3.81. The van der Waals surface area contributed by atoms with Gasteiger partial charge in [0.1, 0.15) is 17.2 Å². The van der Waals surface area contributed by atoms with Crippen LogP contribution >= 0.6 is 0 Å². The normalized spacial score (nSPS) is 10.6. The van der Waals surface area contributed by atoms with Crippen molar-refractivity contribution in [3.05, 3.63) is 81.0 Å². The first-order valence-electron chi connectivity index (χ1n) is 9.76. The van der Waals surface area contributed by atoms with Gasteiger partial charge in [-0.05, 0) is 49.2 Å². The van der Waals surface area contributed by atoms with E-state index in [2.05, 4.69) is 4.98 Å². The summed E-state index contributed by atoms with van der Waals surface area (Å²) < 4.78 is 10.5. The van der Waals surface area contributed by atoms with Gasteiger partial charge in [-0.15, -0.1) is 0 Å². The molecule has 0 saturated heterocycles. The summed E-state index contributed by atoms with van der Waals surface area (Å²) in [5, 5.41) is 11.9. The minimum absolute atomic E-state index is 0.141. The van der Waals surface area contributed by atoms with E-state index in [9.17, 15) is 10.1 Å². The first-order valence-corrected chi connectivity index (χ1v) is 9.76. The Morgan fingerprint density at radius 3 is 1.77 bits per heavy atom. The summed E-state index contributed by atoms with van der Waals surface area (Å²) >= 11 is 0. The van der Waals surface area contributed by atoms with Crippen molar-refractivity contribution in [2.24, 2.45) is 0 Å². The van der Waals surface area contributed by atoms with Gasteiger partial charge in [0.2, 0.25) is 5.82 Å². The smallest absolute Gasteiger partial charge is 0.334 e. The van der Waals surface area contributed by atoms with Crippen LogP contribution in [0.4, 0.5) is 17.2 Å². The molecule has 1 heterocycles. The van der Waals surface area contributed by atoms with Crippen molar-refractivity contribution in [2.45, 2.75) is 26.9 Å². The summed E-state index contributed by atoms with van der Waals surface area (Å²) in [5.74, 6) is 1.73. The molecule has 0 fully saturated rings. The van der Waals surface area contributed by atoms with Crippen molar-refractivity contribution in [3.8, 4) is 11.5 Å². The number of anilines is 2. The number of aromatic nitrogens is 1. The molecule has 0 aliphatic rings. The number of hydrogen-bond donors (Lipinski definition) is 1. The van der Waals surface area contributed by atoms with Gasteiger partial charge >= 0.3 is 5.69 Å². The van der Waals surface area contributed by atoms with Crippen molar-refractivity contribution < 1.29 is 14.4 Å². The summed E-state index contributed by atoms with van der Waals surface area (Å²) in [6.07, 6.45) is 0. The monoisotopic (exact) mass is 422 g/mol. The molecule has 2 N–H and O–H groups in total. The number of aryl methyl sites for hydroxylation is 1. The van der Waals surface area contributed by atoms with Crippen LogP contribution < -0.4 is 20.1 Å². The SMILES string of the molecule is COc1ccc(CN(Cc2ccc(OC)cc2)c2nc(C)c(C)c(N)c2[N+](=O)[O-])cc1. The third-order valence-corrected chi connectivity index (χ3v) is 5.23. The highest BCUT2D eigenvalue weighted by Crippen LogP contribution is 2.37. The third kappa shape index (κ3) is 4.85. The summed E-state index contributed by atoms with van der Waals surface area (Å²) in [5.41, 5.74) is 9.30. The van der Waals surface area contributed by atoms with Crippen LogP contribution in [0.25, 0.3) is 0 Å². The summed E-state index contributed by atoms with van der Waals surface area (Å²) in [6.45, 7) is 4.36. The molecule has 0 spiro atoms. The number of hydrogen-bond acceptors (Lipinski definition) is 7. The molecule has 1 aromatic heterocycles. The van der Waals surface area contributed by atoms with Gasteiger partial charge in [-0.3, -0.25) is 10.1 Å². The zero-order valence-electron chi connectivity index (χ0n) is 18.1. The van der Waals surface area contributed by atoms with Gasteiger partial charge in [-0.1, -0.05) is 24.3 Å². The third-order valence-electron chi connectivity index (χ3n) is 5.23. The molecular weight excluding hydrogens is 396 g/mol. The molecule has 2 aromatic carbocycles. The Kier molecular flexibility index (Phi) is 6.59. The fourth-order valence-electron chi connectivity index (χ4n) is 3.30. The Morgan fingerprint density at radius 1 is 0.935 bits per heavy atom. The molecule has 8 nitrogen and oxygen atoms in total. The maximum Gasteiger partial charge on any atom is 0.334 e. The predicted molar refractivity (Wildman–Crippen MR) is 121 cm³/mol. The highest BCUT2D eigenvalue weighted by Gasteiger charge is 2.28. The Bertz CT molecular complexity index is 1020. The lowest BCUT2D eigenvalue weighted by Gasteiger charge is -2.25. The van der Waals surface area contributed by atoms with E-state index >= 15 is 0 Å². The average molecular weight is 422 g/mol. The van der Waals surface area contributed by atoms with Crippen molar-refractivity contribution in [1.29, 1.82) is 0 Å². The van der Waals surface area contributed by atoms with Crippen molar-refractivity contribution in [1.82, 2.24) is 4.98 Å². The number of nitrogen functional groups attached to an aromatic ring is 1. The Morgan fingerprint density at radius 2 is 1.39 bits per heavy atom. The number of nitrogens with two attached hydrogens (primary N) is 1. The molecule has 0 amide bonds. The first-order chi connectivity index (χ1) is 14.8. The number of methoxy groups -OCH3 is 2. The van der Waals surface area contributed by atoms with E-state index in [-0.39, 0.29) is 17.2 Å². The Labute approximate surface area is 181 Å². The van der Waals surface area contributed by atoms with E-state index in [1.807, 2.05) is 53.4 Å². The molecule has 0 aliphatic carbocycles. The zero-order valence-corrected chi connectivity index (χ0v) is 18.1. The van der Waals surface area contributed by atoms with Crippen molar-refractivity contribution in [2.75, 3.05) is 24.9 Å². The van der Waals surface area contributed by atoms with Gasteiger partial charge in [0.15, 0.2) is 0 Å². The molecule has 0 bridgehead atoms. The van der Waals surface area contributed by atoms with Gasteiger partial charge < -0.3 is 20.1 Å². The number of nitrogens with zero attached hydrogens (tertiary/aromatic N) is 3. The predicted octanol–water partition coefficient (Wildman–Crippen LogP) is 4.41. The van der Waals surface area contributed by atoms with E-state index in [4.69, 9.17) is 15.2 Å². The highest BCUT2D eigenvalue weighted by atomic mass is 16.6. The van der Waals surface area contributed by atoms with Crippen LogP contribution in [0, 0.1) is 24.0 Å². The zero-order chi connectivity index (χ0) is 22.5. The minimum atomic E-state index is -0.459. The molecule has 3 aromatic rings. The lowest BCUT2D eigenvalue weighted by atomic mass is 10.1. The number of pyridine rings is 1. The van der Waals surface area contributed by atoms with E-state index in [1.54, 1.807) is 28.1 Å². The molecule has 8 heteroatoms. The second-order valence-corrected chi connectivity index (χ2v) is 7.22. The topological polar surface area (TPSA) is 104 Å². The van der Waals surface area contributed by atoms with Crippen molar-refractivity contribution >= 4 is 17.2 Å². The molecule has 3 rings (SSSR count). The molecule has 0 radical (unpaired) electrons. The summed E-state index contributed by atoms with van der Waals surface area (Å²) in [4.78, 5) is 17.9. The lowest BCUT2D eigenvalue weighted by Crippen LogP contribution is -2.25. The molecule has 0 saturated carbocycles. The molecule has 0 aliphatic heterocycles. The van der Waals surface area contributed by atoms with E-state index in [0.29, 0.717) is 24.3 Å². The maximum atomic E-state index is 11.9. The summed E-state index contributed by atoms with van der Waals surface area (Å²) in [7, 11) is 3.21. The standard InChI is InChI=1S/C23H26N4O4/c1-15-16(2)25-23(22(21(15)24)27(28)29)26(13-17-5-9-19(30-3)10-6-17)14-18-7-11-20(31-4)12-8-18/h5-12H,13-14H2,1-4H3,(H2,24,25). The molecule has 162 valence electrons. The number of benzene rings is 2. The quantitative estimate of drug-likeness (QED) is 0.423. The highest BCUT2D eigenvalue weighted by molar-refractivity contribution is 5.75. The van der Waals surface area contributed by atoms with Crippen LogP contribution in [-0.2, 0) is 13.1 Å². The molecule has 0 atom stereocenters. The van der Waals surface area contributed by atoms with Crippen LogP contribution in [0.5, 0.6) is 11.5 Å². The second kappa shape index (κ2) is 9.34. The number of rotatable bonds is 8. The van der Waals surface area contributed by atoms with Gasteiger partial charge in [-0.2, -0.15) is 0 Å². The lowest BCUT2D eigenvalue weighted by molar-refractivity contribution is -0.383. The fraction of sp³-hybridized carbons (Fsp3) is 0.261. The van der Waals surface area contributed by atoms with Gasteiger partial charge in [0.05, 0.1) is 19.1 Å². The molecule has 0 unspecified atom stereocenters. The van der Waals surface area contributed by atoms with E-state index in [1.165, 1.54) is 0 Å². The van der Waals surface area contributed by atoms with E-state index in [0.717, 1.165) is 22.6 Å². The number of nitro groups is 1. The van der Waals surface area contributed by atoms with Gasteiger partial charge in [-0.25, -0.2) is 4.98 Å². The number of ether oxygens (including phenoxy) is 2. The largest absolute Gasteiger partial charge is 0.497 e. The molecule has 31 heavy (non-hydrogen) atoms. The Balaban J connectivity index is 2.07.